The second kappa shape index (κ2) is 6.63. The second-order valence-electron chi connectivity index (χ2n) is 8.46. The zero-order valence-electron chi connectivity index (χ0n) is 16.2. The van der Waals surface area contributed by atoms with E-state index in [1.54, 1.807) is 7.11 Å². The van der Waals surface area contributed by atoms with Crippen molar-refractivity contribution >= 4 is 0 Å². The SMILES string of the molecule is COc1ccc(C#N)c([C@H]2C[C@@H]3[C@@H]([C@@H](C)C2)N(C(C)C)OC3(C)C)c1. The lowest BCUT2D eigenvalue weighted by atomic mass is 9.65. The van der Waals surface area contributed by atoms with Crippen LogP contribution >= 0.6 is 0 Å². The molecule has 0 N–H and O–H groups in total. The molecule has 0 amide bonds. The highest BCUT2D eigenvalue weighted by Gasteiger charge is 2.54. The van der Waals surface area contributed by atoms with Gasteiger partial charge in [0.1, 0.15) is 5.75 Å². The number of benzene rings is 1. The van der Waals surface area contributed by atoms with E-state index in [2.05, 4.69) is 51.8 Å². The molecule has 1 heterocycles. The van der Waals surface area contributed by atoms with Crippen molar-refractivity contribution in [3.63, 3.8) is 0 Å². The van der Waals surface area contributed by atoms with Crippen LogP contribution in [0, 0.1) is 23.2 Å². The average molecular weight is 342 g/mol. The Labute approximate surface area is 151 Å². The molecule has 3 rings (SSSR count). The Bertz CT molecular complexity index is 677. The summed E-state index contributed by atoms with van der Waals surface area (Å²) in [6.07, 6.45) is 2.12. The summed E-state index contributed by atoms with van der Waals surface area (Å²) in [7, 11) is 1.68. The molecule has 25 heavy (non-hydrogen) atoms. The molecule has 0 spiro atoms. The molecule has 4 atom stereocenters. The molecule has 1 saturated heterocycles. The number of hydroxylamine groups is 2. The van der Waals surface area contributed by atoms with Gasteiger partial charge < -0.3 is 4.74 Å². The highest BCUT2D eigenvalue weighted by atomic mass is 16.7. The van der Waals surface area contributed by atoms with Crippen molar-refractivity contribution in [2.45, 2.75) is 71.1 Å². The molecule has 0 bridgehead atoms. The van der Waals surface area contributed by atoms with Crippen LogP contribution in [0.4, 0.5) is 0 Å². The fourth-order valence-electron chi connectivity index (χ4n) is 4.86. The molecule has 136 valence electrons. The zero-order valence-corrected chi connectivity index (χ0v) is 16.2. The van der Waals surface area contributed by atoms with E-state index in [-0.39, 0.29) is 5.60 Å². The van der Waals surface area contributed by atoms with Crippen LogP contribution in [0.15, 0.2) is 18.2 Å². The minimum atomic E-state index is -0.173. The first-order chi connectivity index (χ1) is 11.8. The van der Waals surface area contributed by atoms with Crippen molar-refractivity contribution in [3.05, 3.63) is 29.3 Å². The van der Waals surface area contributed by atoms with Crippen LogP contribution in [0.3, 0.4) is 0 Å². The minimum absolute atomic E-state index is 0.173. The van der Waals surface area contributed by atoms with Crippen molar-refractivity contribution in [3.8, 4) is 11.8 Å². The third-order valence-electron chi connectivity index (χ3n) is 6.05. The quantitative estimate of drug-likeness (QED) is 0.811. The van der Waals surface area contributed by atoms with E-state index >= 15 is 0 Å². The van der Waals surface area contributed by atoms with Gasteiger partial charge in [-0.1, -0.05) is 6.92 Å². The number of ether oxygens (including phenoxy) is 1. The van der Waals surface area contributed by atoms with Gasteiger partial charge in [-0.2, -0.15) is 10.3 Å². The summed E-state index contributed by atoms with van der Waals surface area (Å²) in [6.45, 7) is 11.1. The van der Waals surface area contributed by atoms with Crippen molar-refractivity contribution in [1.29, 1.82) is 5.26 Å². The highest BCUT2D eigenvalue weighted by molar-refractivity contribution is 5.45. The molecule has 0 radical (unpaired) electrons. The molecule has 1 aromatic rings. The number of rotatable bonds is 3. The van der Waals surface area contributed by atoms with E-state index in [0.717, 1.165) is 29.7 Å². The third kappa shape index (κ3) is 3.16. The third-order valence-corrected chi connectivity index (χ3v) is 6.05. The minimum Gasteiger partial charge on any atom is -0.497 e. The first kappa shape index (κ1) is 18.2. The topological polar surface area (TPSA) is 45.5 Å². The van der Waals surface area contributed by atoms with Gasteiger partial charge in [-0.3, -0.25) is 4.84 Å². The van der Waals surface area contributed by atoms with Gasteiger partial charge in [0.25, 0.3) is 0 Å². The molecule has 1 aromatic carbocycles. The molecule has 4 nitrogen and oxygen atoms in total. The normalized spacial score (nSPS) is 31.6. The molecule has 0 aromatic heterocycles. The zero-order chi connectivity index (χ0) is 18.4. The Hall–Kier alpha value is -1.57. The van der Waals surface area contributed by atoms with Gasteiger partial charge in [0, 0.05) is 18.0 Å². The Balaban J connectivity index is 1.95. The maximum absolute atomic E-state index is 9.56. The monoisotopic (exact) mass is 342 g/mol. The fourth-order valence-corrected chi connectivity index (χ4v) is 4.86. The number of nitrogens with zero attached hydrogens (tertiary/aromatic N) is 2. The van der Waals surface area contributed by atoms with Gasteiger partial charge >= 0.3 is 0 Å². The van der Waals surface area contributed by atoms with Gasteiger partial charge in [-0.25, -0.2) is 0 Å². The standard InChI is InChI=1S/C21H30N2O2/c1-13(2)23-20-14(3)9-16(10-19(20)21(4,5)25-23)18-11-17(24-6)8-7-15(18)12-22/h7-8,11,13-14,16,19-20H,9-10H2,1-6H3/t14-,16+,19+,20+/m0/s1. The van der Waals surface area contributed by atoms with Crippen LogP contribution in [0.1, 0.15) is 64.5 Å². The first-order valence-electron chi connectivity index (χ1n) is 9.34. The molecule has 0 unspecified atom stereocenters. The Kier molecular flexibility index (Phi) is 4.83. The van der Waals surface area contributed by atoms with Crippen LogP contribution in [0.25, 0.3) is 0 Å². The van der Waals surface area contributed by atoms with Crippen molar-refractivity contribution in [2.75, 3.05) is 7.11 Å². The molecule has 2 aliphatic rings. The molecule has 1 saturated carbocycles. The summed E-state index contributed by atoms with van der Waals surface area (Å²) in [5.74, 6) is 2.18. The number of hydrogen-bond donors (Lipinski definition) is 0. The van der Waals surface area contributed by atoms with E-state index in [9.17, 15) is 5.26 Å². The lowest BCUT2D eigenvalue weighted by Gasteiger charge is -2.41. The molecule has 1 aliphatic carbocycles. The average Bonchev–Trinajstić information content (AvgIpc) is 2.86. The first-order valence-corrected chi connectivity index (χ1v) is 9.34. The van der Waals surface area contributed by atoms with Crippen molar-refractivity contribution in [2.24, 2.45) is 11.8 Å². The van der Waals surface area contributed by atoms with Crippen molar-refractivity contribution in [1.82, 2.24) is 5.06 Å². The number of methoxy groups -OCH3 is 1. The maximum Gasteiger partial charge on any atom is 0.119 e. The maximum atomic E-state index is 9.56. The predicted molar refractivity (Wildman–Crippen MR) is 98.3 cm³/mol. The van der Waals surface area contributed by atoms with E-state index in [1.807, 2.05) is 12.1 Å². The molecule has 2 fully saturated rings. The fraction of sp³-hybridized carbons (Fsp3) is 0.667. The molecule has 1 aliphatic heterocycles. The van der Waals surface area contributed by atoms with Crippen LogP contribution in [-0.2, 0) is 4.84 Å². The summed E-state index contributed by atoms with van der Waals surface area (Å²) < 4.78 is 5.41. The van der Waals surface area contributed by atoms with Crippen LogP contribution in [0.2, 0.25) is 0 Å². The van der Waals surface area contributed by atoms with Crippen molar-refractivity contribution < 1.29 is 9.57 Å². The lowest BCUT2D eigenvalue weighted by Crippen LogP contribution is -2.45. The lowest BCUT2D eigenvalue weighted by molar-refractivity contribution is -0.215. The Morgan fingerprint density at radius 2 is 2.04 bits per heavy atom. The number of fused-ring (bicyclic) bond motifs is 1. The highest BCUT2D eigenvalue weighted by Crippen LogP contribution is 2.52. The van der Waals surface area contributed by atoms with Crippen LogP contribution in [0.5, 0.6) is 5.75 Å². The number of nitriles is 1. The van der Waals surface area contributed by atoms with Gasteiger partial charge in [-0.15, -0.1) is 0 Å². The van der Waals surface area contributed by atoms with Crippen LogP contribution in [-0.4, -0.2) is 29.9 Å². The van der Waals surface area contributed by atoms with Crippen LogP contribution < -0.4 is 4.74 Å². The number of hydrogen-bond acceptors (Lipinski definition) is 4. The summed E-state index contributed by atoms with van der Waals surface area (Å²) >= 11 is 0. The summed E-state index contributed by atoms with van der Waals surface area (Å²) in [6, 6.07) is 9.01. The van der Waals surface area contributed by atoms with Gasteiger partial charge in [0.15, 0.2) is 0 Å². The Morgan fingerprint density at radius 3 is 2.64 bits per heavy atom. The summed E-state index contributed by atoms with van der Waals surface area (Å²) in [5, 5.41) is 11.8. The molecular weight excluding hydrogens is 312 g/mol. The van der Waals surface area contributed by atoms with Gasteiger partial charge in [-0.05, 0) is 76.1 Å². The largest absolute Gasteiger partial charge is 0.497 e. The summed E-state index contributed by atoms with van der Waals surface area (Å²) in [4.78, 5) is 6.36. The predicted octanol–water partition coefficient (Wildman–Crippen LogP) is 4.50. The Morgan fingerprint density at radius 1 is 1.32 bits per heavy atom. The van der Waals surface area contributed by atoms with Gasteiger partial charge in [0.2, 0.25) is 0 Å². The summed E-state index contributed by atoms with van der Waals surface area (Å²) in [5.41, 5.74) is 1.73. The van der Waals surface area contributed by atoms with E-state index < -0.39 is 0 Å². The van der Waals surface area contributed by atoms with E-state index in [1.165, 1.54) is 0 Å². The van der Waals surface area contributed by atoms with E-state index in [0.29, 0.717) is 29.8 Å². The van der Waals surface area contributed by atoms with Gasteiger partial charge in [0.05, 0.1) is 24.3 Å². The molecule has 4 heteroatoms. The van der Waals surface area contributed by atoms with E-state index in [4.69, 9.17) is 9.57 Å². The second-order valence-corrected chi connectivity index (χ2v) is 8.46. The smallest absolute Gasteiger partial charge is 0.119 e. The molecular formula is C21H30N2O2.